The fourth-order valence-corrected chi connectivity index (χ4v) is 4.61. The van der Waals surface area contributed by atoms with Gasteiger partial charge in [-0.3, -0.25) is 14.3 Å². The molecule has 7 heteroatoms. The first kappa shape index (κ1) is 21.3. The molecule has 0 spiro atoms. The minimum Gasteiger partial charge on any atom is -0.373 e. The molecule has 1 fully saturated rings. The highest BCUT2D eigenvalue weighted by Gasteiger charge is 2.35. The number of benzene rings is 1. The van der Waals surface area contributed by atoms with Crippen LogP contribution in [0, 0.1) is 5.92 Å². The zero-order valence-corrected chi connectivity index (χ0v) is 17.8. The highest BCUT2D eigenvalue weighted by molar-refractivity contribution is 5.92. The van der Waals surface area contributed by atoms with E-state index in [4.69, 9.17) is 4.74 Å². The maximum atomic E-state index is 13.5. The van der Waals surface area contributed by atoms with Crippen molar-refractivity contribution in [2.45, 2.75) is 44.9 Å². The van der Waals surface area contributed by atoms with E-state index in [9.17, 15) is 9.59 Å². The Bertz CT molecular complexity index is 901. The van der Waals surface area contributed by atoms with Crippen molar-refractivity contribution >= 4 is 11.8 Å². The first-order chi connectivity index (χ1) is 15.2. The molecule has 7 nitrogen and oxygen atoms in total. The fraction of sp³-hybridized carbons (Fsp3) is 0.458. The summed E-state index contributed by atoms with van der Waals surface area (Å²) in [5, 5.41) is 7.51. The number of nitrogens with zero attached hydrogens (tertiary/aromatic N) is 3. The SMILES string of the molecule is C=CC(=O)NCC(Cc1ccccc1)C1CCCCN1C(=O)c1cc2n(n1)CCOC2. The number of rotatable bonds is 7. The molecule has 2 aliphatic rings. The Kier molecular flexibility index (Phi) is 6.82. The summed E-state index contributed by atoms with van der Waals surface area (Å²) in [6.45, 7) is 6.56. The third-order valence-corrected chi connectivity index (χ3v) is 6.20. The van der Waals surface area contributed by atoms with Crippen LogP contribution < -0.4 is 5.32 Å². The number of piperidine rings is 1. The summed E-state index contributed by atoms with van der Waals surface area (Å²) in [5.74, 6) is -0.107. The highest BCUT2D eigenvalue weighted by atomic mass is 16.5. The van der Waals surface area contributed by atoms with E-state index < -0.39 is 0 Å². The molecule has 3 heterocycles. The molecule has 1 aromatic carbocycles. The van der Waals surface area contributed by atoms with Crippen molar-refractivity contribution in [1.82, 2.24) is 20.0 Å². The van der Waals surface area contributed by atoms with Crippen molar-refractivity contribution in [3.05, 3.63) is 66.0 Å². The number of fused-ring (bicyclic) bond motifs is 1. The number of carbonyl (C=O) groups is 2. The van der Waals surface area contributed by atoms with Gasteiger partial charge in [0.05, 0.1) is 25.5 Å². The fourth-order valence-electron chi connectivity index (χ4n) is 4.61. The predicted molar refractivity (Wildman–Crippen MR) is 117 cm³/mol. The molecular weight excluding hydrogens is 392 g/mol. The lowest BCUT2D eigenvalue weighted by Crippen LogP contribution is -2.51. The number of nitrogens with one attached hydrogen (secondary N) is 1. The Hall–Kier alpha value is -2.93. The molecule has 1 saturated heterocycles. The summed E-state index contributed by atoms with van der Waals surface area (Å²) in [4.78, 5) is 27.3. The van der Waals surface area contributed by atoms with E-state index in [-0.39, 0.29) is 23.8 Å². The van der Waals surface area contributed by atoms with E-state index in [1.54, 1.807) is 0 Å². The van der Waals surface area contributed by atoms with Gasteiger partial charge in [0.2, 0.25) is 5.91 Å². The Labute approximate surface area is 183 Å². The van der Waals surface area contributed by atoms with Crippen LogP contribution >= 0.6 is 0 Å². The maximum absolute atomic E-state index is 13.5. The Balaban J connectivity index is 1.56. The molecule has 0 aliphatic carbocycles. The van der Waals surface area contributed by atoms with Crippen LogP contribution in [0.4, 0.5) is 0 Å². The third kappa shape index (κ3) is 5.05. The molecule has 31 heavy (non-hydrogen) atoms. The van der Waals surface area contributed by atoms with Crippen LogP contribution in [-0.2, 0) is 29.1 Å². The Morgan fingerprint density at radius 1 is 1.26 bits per heavy atom. The summed E-state index contributed by atoms with van der Waals surface area (Å²) in [6.07, 6.45) is 5.06. The Morgan fingerprint density at radius 3 is 2.87 bits per heavy atom. The second kappa shape index (κ2) is 9.92. The molecule has 1 aromatic heterocycles. The summed E-state index contributed by atoms with van der Waals surface area (Å²) >= 11 is 0. The van der Waals surface area contributed by atoms with Crippen molar-refractivity contribution in [3.63, 3.8) is 0 Å². The standard InChI is InChI=1S/C24H30N4O3/c1-2-23(29)25-16-19(14-18-8-4-3-5-9-18)22-10-6-7-11-27(22)24(30)21-15-20-17-31-13-12-28(20)26-21/h2-5,8-9,15,19,22H,1,6-7,10-14,16-17H2,(H,25,29). The first-order valence-corrected chi connectivity index (χ1v) is 11.1. The molecule has 1 N–H and O–H groups in total. The number of hydrogen-bond acceptors (Lipinski definition) is 4. The van der Waals surface area contributed by atoms with E-state index in [2.05, 4.69) is 29.1 Å². The Morgan fingerprint density at radius 2 is 2.10 bits per heavy atom. The molecule has 2 atom stereocenters. The van der Waals surface area contributed by atoms with Crippen molar-refractivity contribution in [2.24, 2.45) is 5.92 Å². The van der Waals surface area contributed by atoms with E-state index in [0.29, 0.717) is 38.5 Å². The van der Waals surface area contributed by atoms with Crippen LogP contribution in [0.1, 0.15) is 41.0 Å². The van der Waals surface area contributed by atoms with Crippen LogP contribution in [0.3, 0.4) is 0 Å². The lowest BCUT2D eigenvalue weighted by Gasteiger charge is -2.40. The maximum Gasteiger partial charge on any atom is 0.274 e. The van der Waals surface area contributed by atoms with Crippen molar-refractivity contribution < 1.29 is 14.3 Å². The van der Waals surface area contributed by atoms with Gasteiger partial charge >= 0.3 is 0 Å². The largest absolute Gasteiger partial charge is 0.373 e. The molecular formula is C24H30N4O3. The molecule has 0 radical (unpaired) electrons. The topological polar surface area (TPSA) is 76.5 Å². The van der Waals surface area contributed by atoms with Crippen LogP contribution in [0.5, 0.6) is 0 Å². The van der Waals surface area contributed by atoms with Gasteiger partial charge in [0, 0.05) is 25.0 Å². The smallest absolute Gasteiger partial charge is 0.274 e. The zero-order chi connectivity index (χ0) is 21.6. The van der Waals surface area contributed by atoms with Gasteiger partial charge in [0.15, 0.2) is 5.69 Å². The number of amides is 2. The number of hydrogen-bond donors (Lipinski definition) is 1. The highest BCUT2D eigenvalue weighted by Crippen LogP contribution is 2.28. The molecule has 2 aliphatic heterocycles. The molecule has 2 aromatic rings. The number of ether oxygens (including phenoxy) is 1. The second-order valence-electron chi connectivity index (χ2n) is 8.26. The van der Waals surface area contributed by atoms with Gasteiger partial charge in [-0.15, -0.1) is 0 Å². The van der Waals surface area contributed by atoms with Crippen molar-refractivity contribution in [3.8, 4) is 0 Å². The lowest BCUT2D eigenvalue weighted by atomic mass is 9.85. The van der Waals surface area contributed by atoms with Gasteiger partial charge in [-0.05, 0) is 43.4 Å². The zero-order valence-electron chi connectivity index (χ0n) is 17.8. The molecule has 164 valence electrons. The van der Waals surface area contributed by atoms with Crippen molar-refractivity contribution in [1.29, 1.82) is 0 Å². The molecule has 2 amide bonds. The summed E-state index contributed by atoms with van der Waals surface area (Å²) in [5.41, 5.74) is 2.64. The quantitative estimate of drug-likeness (QED) is 0.696. The third-order valence-electron chi connectivity index (χ3n) is 6.20. The van der Waals surface area contributed by atoms with Gasteiger partial charge < -0.3 is 15.0 Å². The van der Waals surface area contributed by atoms with Gasteiger partial charge in [-0.25, -0.2) is 0 Å². The minimum atomic E-state index is -0.187. The average molecular weight is 423 g/mol. The number of likely N-dealkylation sites (tertiary alicyclic amines) is 1. The number of aromatic nitrogens is 2. The van der Waals surface area contributed by atoms with Crippen LogP contribution in [0.15, 0.2) is 49.1 Å². The van der Waals surface area contributed by atoms with Gasteiger partial charge in [-0.2, -0.15) is 5.10 Å². The summed E-state index contributed by atoms with van der Waals surface area (Å²) in [6, 6.07) is 12.1. The van der Waals surface area contributed by atoms with Crippen LogP contribution in [0.2, 0.25) is 0 Å². The van der Waals surface area contributed by atoms with E-state index >= 15 is 0 Å². The molecule has 4 rings (SSSR count). The van der Waals surface area contributed by atoms with Gasteiger partial charge in [-0.1, -0.05) is 36.9 Å². The van der Waals surface area contributed by atoms with E-state index in [1.165, 1.54) is 11.6 Å². The van der Waals surface area contributed by atoms with Gasteiger partial charge in [0.1, 0.15) is 0 Å². The van der Waals surface area contributed by atoms with E-state index in [1.807, 2.05) is 33.8 Å². The monoisotopic (exact) mass is 422 g/mol. The number of carbonyl (C=O) groups excluding carboxylic acids is 2. The van der Waals surface area contributed by atoms with Crippen LogP contribution in [-0.4, -0.2) is 52.2 Å². The second-order valence-corrected chi connectivity index (χ2v) is 8.26. The molecule has 2 unspecified atom stereocenters. The first-order valence-electron chi connectivity index (χ1n) is 11.1. The summed E-state index contributed by atoms with van der Waals surface area (Å²) < 4.78 is 7.37. The van der Waals surface area contributed by atoms with Crippen LogP contribution in [0.25, 0.3) is 0 Å². The summed E-state index contributed by atoms with van der Waals surface area (Å²) in [7, 11) is 0. The van der Waals surface area contributed by atoms with Gasteiger partial charge in [0.25, 0.3) is 5.91 Å². The average Bonchev–Trinajstić information content (AvgIpc) is 3.26. The van der Waals surface area contributed by atoms with E-state index in [0.717, 1.165) is 31.4 Å². The molecule has 0 bridgehead atoms. The normalized spacial score (nSPS) is 19.4. The van der Waals surface area contributed by atoms with Crippen molar-refractivity contribution in [2.75, 3.05) is 19.7 Å². The lowest BCUT2D eigenvalue weighted by molar-refractivity contribution is -0.116. The molecule has 0 saturated carbocycles. The predicted octanol–water partition coefficient (Wildman–Crippen LogP) is 2.57. The minimum absolute atomic E-state index is 0.0280.